The normalized spacial score (nSPS) is 12.6. The van der Waals surface area contributed by atoms with E-state index in [1.165, 1.54) is 6.07 Å². The van der Waals surface area contributed by atoms with Crippen LogP contribution in [0.1, 0.15) is 37.1 Å². The SMILES string of the molecule is CCCC(N)c1cn(Cc2cc(Br)ccc2F)nn1. The van der Waals surface area contributed by atoms with Crippen molar-refractivity contribution in [1.29, 1.82) is 0 Å². The van der Waals surface area contributed by atoms with Gasteiger partial charge in [0.15, 0.2) is 0 Å². The summed E-state index contributed by atoms with van der Waals surface area (Å²) in [5.74, 6) is -0.252. The quantitative estimate of drug-likeness (QED) is 0.918. The van der Waals surface area contributed by atoms with E-state index in [-0.39, 0.29) is 11.9 Å². The molecule has 1 aromatic heterocycles. The Morgan fingerprint density at radius 1 is 1.47 bits per heavy atom. The second kappa shape index (κ2) is 6.25. The number of nitrogens with two attached hydrogens (primary N) is 1. The summed E-state index contributed by atoms with van der Waals surface area (Å²) >= 11 is 3.33. The first kappa shape index (κ1) is 14.1. The molecule has 0 aliphatic rings. The van der Waals surface area contributed by atoms with Crippen LogP contribution in [0, 0.1) is 5.82 Å². The Kier molecular flexibility index (Phi) is 4.66. The van der Waals surface area contributed by atoms with Crippen LogP contribution >= 0.6 is 15.9 Å². The molecule has 1 atom stereocenters. The fourth-order valence-corrected chi connectivity index (χ4v) is 2.27. The number of nitrogens with zero attached hydrogens (tertiary/aromatic N) is 3. The number of aromatic nitrogens is 3. The Labute approximate surface area is 119 Å². The number of rotatable bonds is 5. The van der Waals surface area contributed by atoms with Gasteiger partial charge in [-0.1, -0.05) is 34.5 Å². The van der Waals surface area contributed by atoms with Crippen LogP contribution in [0.5, 0.6) is 0 Å². The third kappa shape index (κ3) is 3.61. The van der Waals surface area contributed by atoms with Gasteiger partial charge in [-0.05, 0) is 24.6 Å². The minimum Gasteiger partial charge on any atom is -0.323 e. The molecule has 2 rings (SSSR count). The minimum atomic E-state index is -0.252. The van der Waals surface area contributed by atoms with Crippen molar-refractivity contribution in [2.75, 3.05) is 0 Å². The highest BCUT2D eigenvalue weighted by Gasteiger charge is 2.11. The Bertz CT molecular complexity index is 555. The Balaban J connectivity index is 2.13. The highest BCUT2D eigenvalue weighted by molar-refractivity contribution is 9.10. The molecule has 102 valence electrons. The topological polar surface area (TPSA) is 56.7 Å². The molecule has 0 saturated heterocycles. The monoisotopic (exact) mass is 326 g/mol. The predicted octanol–water partition coefficient (Wildman–Crippen LogP) is 3.03. The molecular weight excluding hydrogens is 311 g/mol. The number of benzene rings is 1. The van der Waals surface area contributed by atoms with Crippen LogP contribution in [0.25, 0.3) is 0 Å². The maximum Gasteiger partial charge on any atom is 0.128 e. The highest BCUT2D eigenvalue weighted by atomic mass is 79.9. The number of hydrogen-bond acceptors (Lipinski definition) is 3. The summed E-state index contributed by atoms with van der Waals surface area (Å²) in [4.78, 5) is 0. The van der Waals surface area contributed by atoms with Crippen molar-refractivity contribution in [2.45, 2.75) is 32.4 Å². The zero-order valence-electron chi connectivity index (χ0n) is 10.7. The maximum atomic E-state index is 13.6. The van der Waals surface area contributed by atoms with Gasteiger partial charge in [-0.15, -0.1) is 5.10 Å². The van der Waals surface area contributed by atoms with E-state index >= 15 is 0 Å². The lowest BCUT2D eigenvalue weighted by molar-refractivity contribution is 0.576. The lowest BCUT2D eigenvalue weighted by Gasteiger charge is -2.05. The molecule has 1 aromatic carbocycles. The third-order valence-electron chi connectivity index (χ3n) is 2.88. The van der Waals surface area contributed by atoms with Crippen LogP contribution in [0.2, 0.25) is 0 Å². The summed E-state index contributed by atoms with van der Waals surface area (Å²) in [6.45, 7) is 2.41. The van der Waals surface area contributed by atoms with E-state index in [0.29, 0.717) is 12.1 Å². The average Bonchev–Trinajstić information content (AvgIpc) is 2.83. The van der Waals surface area contributed by atoms with E-state index < -0.39 is 0 Å². The largest absolute Gasteiger partial charge is 0.323 e. The molecule has 0 aliphatic heterocycles. The van der Waals surface area contributed by atoms with Crippen LogP contribution in [0.4, 0.5) is 4.39 Å². The van der Waals surface area contributed by atoms with Crippen molar-refractivity contribution in [3.8, 4) is 0 Å². The average molecular weight is 327 g/mol. The van der Waals surface area contributed by atoms with Gasteiger partial charge in [-0.2, -0.15) is 0 Å². The molecule has 0 spiro atoms. The number of hydrogen-bond donors (Lipinski definition) is 1. The van der Waals surface area contributed by atoms with Gasteiger partial charge in [0.2, 0.25) is 0 Å². The van der Waals surface area contributed by atoms with Crippen molar-refractivity contribution in [3.63, 3.8) is 0 Å². The summed E-state index contributed by atoms with van der Waals surface area (Å²) in [5.41, 5.74) is 7.28. The standard InChI is InChI=1S/C13H16BrFN4/c1-2-3-12(16)13-8-19(18-17-13)7-9-6-10(14)4-5-11(9)15/h4-6,8,12H,2-3,7,16H2,1H3. The second-order valence-electron chi connectivity index (χ2n) is 4.47. The van der Waals surface area contributed by atoms with Crippen molar-refractivity contribution in [2.24, 2.45) is 5.73 Å². The maximum absolute atomic E-state index is 13.6. The summed E-state index contributed by atoms with van der Waals surface area (Å²) < 4.78 is 16.1. The molecule has 6 heteroatoms. The van der Waals surface area contributed by atoms with E-state index in [9.17, 15) is 4.39 Å². The molecule has 1 heterocycles. The van der Waals surface area contributed by atoms with Gasteiger partial charge in [0.1, 0.15) is 5.82 Å². The highest BCUT2D eigenvalue weighted by Crippen LogP contribution is 2.17. The first-order chi connectivity index (χ1) is 9.10. The van der Waals surface area contributed by atoms with Gasteiger partial charge in [-0.3, -0.25) is 0 Å². The summed E-state index contributed by atoms with van der Waals surface area (Å²) in [6.07, 6.45) is 3.64. The molecule has 4 nitrogen and oxygen atoms in total. The molecule has 0 amide bonds. The zero-order chi connectivity index (χ0) is 13.8. The van der Waals surface area contributed by atoms with Crippen LogP contribution in [0.15, 0.2) is 28.9 Å². The van der Waals surface area contributed by atoms with E-state index in [1.807, 2.05) is 0 Å². The van der Waals surface area contributed by atoms with Crippen molar-refractivity contribution in [1.82, 2.24) is 15.0 Å². The first-order valence-electron chi connectivity index (χ1n) is 6.19. The van der Waals surface area contributed by atoms with E-state index in [2.05, 4.69) is 33.2 Å². The molecule has 2 aromatic rings. The van der Waals surface area contributed by atoms with Crippen LogP contribution in [0.3, 0.4) is 0 Å². The molecule has 0 bridgehead atoms. The van der Waals surface area contributed by atoms with Crippen LogP contribution in [-0.4, -0.2) is 15.0 Å². The third-order valence-corrected chi connectivity index (χ3v) is 3.37. The molecule has 19 heavy (non-hydrogen) atoms. The molecule has 0 fully saturated rings. The van der Waals surface area contributed by atoms with Crippen molar-refractivity contribution < 1.29 is 4.39 Å². The minimum absolute atomic E-state index is 0.105. The molecule has 0 saturated carbocycles. The first-order valence-corrected chi connectivity index (χ1v) is 6.99. The predicted molar refractivity (Wildman–Crippen MR) is 75.1 cm³/mol. The van der Waals surface area contributed by atoms with Gasteiger partial charge >= 0.3 is 0 Å². The summed E-state index contributed by atoms with van der Waals surface area (Å²) in [5, 5.41) is 8.03. The Morgan fingerprint density at radius 2 is 2.26 bits per heavy atom. The Morgan fingerprint density at radius 3 is 3.00 bits per heavy atom. The lowest BCUT2D eigenvalue weighted by Crippen LogP contribution is -2.10. The van der Waals surface area contributed by atoms with Gasteiger partial charge in [0, 0.05) is 10.0 Å². The van der Waals surface area contributed by atoms with Gasteiger partial charge in [-0.25, -0.2) is 9.07 Å². The summed E-state index contributed by atoms with van der Waals surface area (Å²) in [7, 11) is 0. The molecule has 0 aliphatic carbocycles. The molecular formula is C13H16BrFN4. The second-order valence-corrected chi connectivity index (χ2v) is 5.39. The molecule has 2 N–H and O–H groups in total. The smallest absolute Gasteiger partial charge is 0.128 e. The van der Waals surface area contributed by atoms with Gasteiger partial charge in [0.05, 0.1) is 24.5 Å². The fraction of sp³-hybridized carbons (Fsp3) is 0.385. The van der Waals surface area contributed by atoms with E-state index in [0.717, 1.165) is 23.0 Å². The lowest BCUT2D eigenvalue weighted by atomic mass is 10.1. The van der Waals surface area contributed by atoms with Crippen molar-refractivity contribution in [3.05, 3.63) is 45.9 Å². The van der Waals surface area contributed by atoms with Crippen LogP contribution < -0.4 is 5.73 Å². The molecule has 0 radical (unpaired) electrons. The number of halogens is 2. The zero-order valence-corrected chi connectivity index (χ0v) is 12.3. The van der Waals surface area contributed by atoms with Gasteiger partial charge in [0.25, 0.3) is 0 Å². The summed E-state index contributed by atoms with van der Waals surface area (Å²) in [6, 6.07) is 4.73. The van der Waals surface area contributed by atoms with E-state index in [1.54, 1.807) is 23.0 Å². The molecule has 1 unspecified atom stereocenters. The van der Waals surface area contributed by atoms with E-state index in [4.69, 9.17) is 5.73 Å². The van der Waals surface area contributed by atoms with Crippen molar-refractivity contribution >= 4 is 15.9 Å². The fourth-order valence-electron chi connectivity index (χ4n) is 1.86. The van der Waals surface area contributed by atoms with Crippen LogP contribution in [-0.2, 0) is 6.54 Å². The Hall–Kier alpha value is -1.27. The van der Waals surface area contributed by atoms with Gasteiger partial charge < -0.3 is 5.73 Å².